The van der Waals surface area contributed by atoms with Gasteiger partial charge in [-0.3, -0.25) is 0 Å². The lowest BCUT2D eigenvalue weighted by molar-refractivity contribution is 0.126. The third-order valence-corrected chi connectivity index (χ3v) is 4.65. The maximum absolute atomic E-state index is 12.2. The molecule has 19 heavy (non-hydrogen) atoms. The molecule has 0 aliphatic rings. The molecule has 108 valence electrons. The molecule has 0 unspecified atom stereocenters. The number of benzene rings is 1. The van der Waals surface area contributed by atoms with E-state index < -0.39 is 23.0 Å². The highest BCUT2D eigenvalue weighted by Crippen LogP contribution is 2.20. The van der Waals surface area contributed by atoms with Crippen LogP contribution < -0.4 is 0 Å². The second-order valence-electron chi connectivity index (χ2n) is 4.12. The van der Waals surface area contributed by atoms with Crippen molar-refractivity contribution >= 4 is 10.0 Å². The number of aliphatic hydroxyl groups excluding tert-OH is 1. The Hall–Kier alpha value is -1.05. The Morgan fingerprint density at radius 3 is 2.42 bits per heavy atom. The predicted molar refractivity (Wildman–Crippen MR) is 67.6 cm³/mol. The maximum Gasteiger partial charge on any atom is 0.252 e. The molecule has 0 aliphatic carbocycles. The zero-order chi connectivity index (χ0) is 14.6. The lowest BCUT2D eigenvalue weighted by atomic mass is 10.1. The maximum atomic E-state index is 12.2. The standard InChI is InChI=1S/C12H17F2NO3S/c1-3-9-4-5-11(6-10(9)8-16)19(17,18)15(2)7-12(13)14/h4-6,12,16H,3,7-8H2,1-2H3. The Bertz CT molecular complexity index is 532. The number of aryl methyl sites for hydroxylation is 1. The lowest BCUT2D eigenvalue weighted by Gasteiger charge is -2.17. The van der Waals surface area contributed by atoms with Crippen molar-refractivity contribution in [2.24, 2.45) is 0 Å². The molecule has 1 rings (SSSR count). The highest BCUT2D eigenvalue weighted by Gasteiger charge is 2.24. The van der Waals surface area contributed by atoms with Crippen molar-refractivity contribution in [1.82, 2.24) is 4.31 Å². The molecule has 1 N–H and O–H groups in total. The summed E-state index contributed by atoms with van der Waals surface area (Å²) in [4.78, 5) is -0.0862. The van der Waals surface area contributed by atoms with E-state index in [4.69, 9.17) is 0 Å². The molecule has 0 atom stereocenters. The number of sulfonamides is 1. The van der Waals surface area contributed by atoms with Crippen LogP contribution in [0.5, 0.6) is 0 Å². The van der Waals surface area contributed by atoms with Crippen molar-refractivity contribution in [3.63, 3.8) is 0 Å². The monoisotopic (exact) mass is 293 g/mol. The summed E-state index contributed by atoms with van der Waals surface area (Å²) in [5.41, 5.74) is 1.33. The Balaban J connectivity index is 3.15. The van der Waals surface area contributed by atoms with Crippen LogP contribution in [0.2, 0.25) is 0 Å². The molecule has 0 fully saturated rings. The van der Waals surface area contributed by atoms with E-state index >= 15 is 0 Å². The van der Waals surface area contributed by atoms with Crippen molar-refractivity contribution in [2.45, 2.75) is 31.3 Å². The normalized spacial score (nSPS) is 12.4. The molecule has 0 spiro atoms. The van der Waals surface area contributed by atoms with Crippen LogP contribution in [0.1, 0.15) is 18.1 Å². The van der Waals surface area contributed by atoms with Gasteiger partial charge in [0, 0.05) is 7.05 Å². The second kappa shape index (κ2) is 6.40. The summed E-state index contributed by atoms with van der Waals surface area (Å²) in [6, 6.07) is 4.29. The van der Waals surface area contributed by atoms with Crippen molar-refractivity contribution in [3.05, 3.63) is 29.3 Å². The van der Waals surface area contributed by atoms with Crippen LogP contribution in [-0.4, -0.2) is 37.8 Å². The fourth-order valence-corrected chi connectivity index (χ4v) is 2.93. The van der Waals surface area contributed by atoms with E-state index in [0.717, 1.165) is 12.6 Å². The van der Waals surface area contributed by atoms with Gasteiger partial charge in [-0.15, -0.1) is 0 Å². The van der Waals surface area contributed by atoms with Gasteiger partial charge >= 0.3 is 0 Å². The number of hydrogen-bond donors (Lipinski definition) is 1. The molecule has 0 heterocycles. The van der Waals surface area contributed by atoms with Gasteiger partial charge in [-0.25, -0.2) is 17.2 Å². The first-order valence-electron chi connectivity index (χ1n) is 5.80. The molecule has 0 aliphatic heterocycles. The lowest BCUT2D eigenvalue weighted by Crippen LogP contribution is -2.31. The largest absolute Gasteiger partial charge is 0.392 e. The minimum absolute atomic E-state index is 0.0862. The van der Waals surface area contributed by atoms with E-state index in [1.807, 2.05) is 6.92 Å². The molecule has 0 amide bonds. The summed E-state index contributed by atoms with van der Waals surface area (Å²) in [5.74, 6) is 0. The van der Waals surface area contributed by atoms with Gasteiger partial charge in [0.1, 0.15) is 0 Å². The molecule has 0 saturated carbocycles. The molecule has 0 bridgehead atoms. The van der Waals surface area contributed by atoms with Crippen LogP contribution in [0.25, 0.3) is 0 Å². The van der Waals surface area contributed by atoms with Crippen LogP contribution in [0.15, 0.2) is 23.1 Å². The third kappa shape index (κ3) is 3.71. The van der Waals surface area contributed by atoms with E-state index in [0.29, 0.717) is 16.3 Å². The first-order valence-corrected chi connectivity index (χ1v) is 7.24. The van der Waals surface area contributed by atoms with Crippen molar-refractivity contribution < 1.29 is 22.3 Å². The van der Waals surface area contributed by atoms with E-state index in [1.165, 1.54) is 12.1 Å². The fourth-order valence-electron chi connectivity index (χ4n) is 1.73. The van der Waals surface area contributed by atoms with Gasteiger partial charge < -0.3 is 5.11 Å². The van der Waals surface area contributed by atoms with Crippen LogP contribution in [0.3, 0.4) is 0 Å². The number of hydrogen-bond acceptors (Lipinski definition) is 3. The van der Waals surface area contributed by atoms with Gasteiger partial charge in [-0.05, 0) is 29.7 Å². The van der Waals surface area contributed by atoms with Gasteiger partial charge in [0.25, 0.3) is 6.43 Å². The Kier molecular flexibility index (Phi) is 5.39. The van der Waals surface area contributed by atoms with E-state index in [9.17, 15) is 22.3 Å². The van der Waals surface area contributed by atoms with E-state index in [2.05, 4.69) is 0 Å². The third-order valence-electron chi connectivity index (χ3n) is 2.83. The van der Waals surface area contributed by atoms with Crippen molar-refractivity contribution in [1.29, 1.82) is 0 Å². The van der Waals surface area contributed by atoms with Gasteiger partial charge in [-0.1, -0.05) is 13.0 Å². The first-order chi connectivity index (χ1) is 8.82. The molecule has 7 heteroatoms. The summed E-state index contributed by atoms with van der Waals surface area (Å²) in [5, 5.41) is 9.20. The first kappa shape index (κ1) is 16.0. The molecular weight excluding hydrogens is 276 g/mol. The zero-order valence-corrected chi connectivity index (χ0v) is 11.6. The van der Waals surface area contributed by atoms with Crippen LogP contribution >= 0.6 is 0 Å². The molecular formula is C12H17F2NO3S. The average Bonchev–Trinajstić information content (AvgIpc) is 2.36. The molecule has 0 aromatic heterocycles. The van der Waals surface area contributed by atoms with Crippen LogP contribution in [-0.2, 0) is 23.1 Å². The second-order valence-corrected chi connectivity index (χ2v) is 6.16. The van der Waals surface area contributed by atoms with Gasteiger partial charge in [0.2, 0.25) is 10.0 Å². The average molecular weight is 293 g/mol. The summed E-state index contributed by atoms with van der Waals surface area (Å²) in [7, 11) is -2.84. The van der Waals surface area contributed by atoms with Gasteiger partial charge in [0.05, 0.1) is 18.0 Å². The number of alkyl halides is 2. The minimum atomic E-state index is -3.95. The Morgan fingerprint density at radius 2 is 1.95 bits per heavy atom. The molecule has 1 aromatic rings. The van der Waals surface area contributed by atoms with Crippen molar-refractivity contribution in [2.75, 3.05) is 13.6 Å². The molecule has 4 nitrogen and oxygen atoms in total. The summed E-state index contributed by atoms with van der Waals surface area (Å²) in [6.07, 6.45) is -2.07. The topological polar surface area (TPSA) is 57.6 Å². The van der Waals surface area contributed by atoms with Crippen molar-refractivity contribution in [3.8, 4) is 0 Å². The molecule has 0 radical (unpaired) electrons. The number of aliphatic hydroxyl groups is 1. The number of rotatable bonds is 6. The smallest absolute Gasteiger partial charge is 0.252 e. The summed E-state index contributed by atoms with van der Waals surface area (Å²) in [6.45, 7) is 0.739. The number of halogens is 2. The SMILES string of the molecule is CCc1ccc(S(=O)(=O)N(C)CC(F)F)cc1CO. The van der Waals surface area contributed by atoms with Gasteiger partial charge in [0.15, 0.2) is 0 Å². The summed E-state index contributed by atoms with van der Waals surface area (Å²) >= 11 is 0. The Labute approximate surface area is 111 Å². The zero-order valence-electron chi connectivity index (χ0n) is 10.8. The van der Waals surface area contributed by atoms with E-state index in [-0.39, 0.29) is 11.5 Å². The Morgan fingerprint density at radius 1 is 1.32 bits per heavy atom. The highest BCUT2D eigenvalue weighted by atomic mass is 32.2. The quantitative estimate of drug-likeness (QED) is 0.867. The molecule has 0 saturated heterocycles. The van der Waals surface area contributed by atoms with Crippen LogP contribution in [0, 0.1) is 0 Å². The highest BCUT2D eigenvalue weighted by molar-refractivity contribution is 7.89. The molecule has 1 aromatic carbocycles. The predicted octanol–water partition coefficient (Wildman–Crippen LogP) is 1.63. The van der Waals surface area contributed by atoms with Crippen LogP contribution in [0.4, 0.5) is 8.78 Å². The minimum Gasteiger partial charge on any atom is -0.392 e. The van der Waals surface area contributed by atoms with E-state index in [1.54, 1.807) is 6.07 Å². The number of nitrogens with zero attached hydrogens (tertiary/aromatic N) is 1. The summed E-state index contributed by atoms with van der Waals surface area (Å²) < 4.78 is 49.2. The fraction of sp³-hybridized carbons (Fsp3) is 0.500. The van der Waals surface area contributed by atoms with Gasteiger partial charge in [-0.2, -0.15) is 4.31 Å².